The lowest BCUT2D eigenvalue weighted by atomic mass is 10.1. The van der Waals surface area contributed by atoms with Gasteiger partial charge in [-0.25, -0.2) is 0 Å². The first-order valence-corrected chi connectivity index (χ1v) is 4.80. The number of benzene rings is 1. The second kappa shape index (κ2) is 5.20. The molecular weight excluding hydrogens is 184 g/mol. The third-order valence-corrected chi connectivity index (χ3v) is 2.15. The molecule has 0 fully saturated rings. The number of hydrogen-bond acceptors (Lipinski definition) is 1. The van der Waals surface area contributed by atoms with Gasteiger partial charge in [-0.1, -0.05) is 49.1 Å². The fourth-order valence-corrected chi connectivity index (χ4v) is 1.13. The van der Waals surface area contributed by atoms with Gasteiger partial charge in [-0.2, -0.15) is 0 Å². The van der Waals surface area contributed by atoms with E-state index in [9.17, 15) is 0 Å². The van der Waals surface area contributed by atoms with Crippen LogP contribution in [-0.4, -0.2) is 7.11 Å². The first kappa shape index (κ1) is 11.3. The first-order chi connectivity index (χ1) is 7.13. The maximum absolute atomic E-state index is 4.93. The quantitative estimate of drug-likeness (QED) is 0.531. The van der Waals surface area contributed by atoms with Crippen molar-refractivity contribution in [1.29, 1.82) is 0 Å². The van der Waals surface area contributed by atoms with Crippen LogP contribution in [0.15, 0.2) is 55.3 Å². The highest BCUT2D eigenvalue weighted by Gasteiger charge is 1.94. The molecule has 0 aromatic heterocycles. The molecule has 0 aliphatic heterocycles. The van der Waals surface area contributed by atoms with E-state index in [1.54, 1.807) is 7.11 Å². The Morgan fingerprint density at radius 1 is 1.13 bits per heavy atom. The van der Waals surface area contributed by atoms with E-state index in [2.05, 4.69) is 44.3 Å². The van der Waals surface area contributed by atoms with Crippen molar-refractivity contribution < 1.29 is 4.74 Å². The second-order valence-electron chi connectivity index (χ2n) is 3.40. The van der Waals surface area contributed by atoms with Crippen LogP contribution >= 0.6 is 0 Å². The topological polar surface area (TPSA) is 9.23 Å². The Bertz CT molecular complexity index is 382. The van der Waals surface area contributed by atoms with E-state index in [-0.39, 0.29) is 0 Å². The van der Waals surface area contributed by atoms with Crippen molar-refractivity contribution in [2.45, 2.75) is 6.92 Å². The average Bonchev–Trinajstić information content (AvgIpc) is 2.26. The zero-order chi connectivity index (χ0) is 11.3. The molecule has 1 rings (SSSR count). The Balaban J connectivity index is 2.73. The molecule has 0 atom stereocenters. The zero-order valence-corrected chi connectivity index (χ0v) is 9.29. The number of allylic oxidation sites excluding steroid dienone is 3. The van der Waals surface area contributed by atoms with Crippen molar-refractivity contribution in [2.24, 2.45) is 0 Å². The molecule has 0 N–H and O–H groups in total. The van der Waals surface area contributed by atoms with Gasteiger partial charge in [0.2, 0.25) is 0 Å². The highest BCUT2D eigenvalue weighted by molar-refractivity contribution is 5.72. The maximum Gasteiger partial charge on any atom is 0.111 e. The normalized spacial score (nSPS) is 10.3. The molecule has 1 heteroatoms. The van der Waals surface area contributed by atoms with E-state index >= 15 is 0 Å². The van der Waals surface area contributed by atoms with Gasteiger partial charge < -0.3 is 4.74 Å². The molecule has 1 aromatic rings. The minimum absolute atomic E-state index is 0.628. The minimum atomic E-state index is 0.628. The molecule has 1 nitrogen and oxygen atoms in total. The molecule has 78 valence electrons. The van der Waals surface area contributed by atoms with Crippen LogP contribution in [0.4, 0.5) is 0 Å². The molecule has 0 unspecified atom stereocenters. The van der Waals surface area contributed by atoms with Crippen molar-refractivity contribution in [3.05, 3.63) is 66.5 Å². The summed E-state index contributed by atoms with van der Waals surface area (Å²) in [5, 5.41) is 0. The predicted molar refractivity (Wildman–Crippen MR) is 65.5 cm³/mol. The number of rotatable bonds is 4. The SMILES string of the molecule is C=C(/C=C\C(=C)c1ccc(C)cc1)OC. The van der Waals surface area contributed by atoms with Crippen molar-refractivity contribution in [2.75, 3.05) is 7.11 Å². The summed E-state index contributed by atoms with van der Waals surface area (Å²) in [6.07, 6.45) is 3.71. The molecule has 0 heterocycles. The van der Waals surface area contributed by atoms with Crippen molar-refractivity contribution in [3.8, 4) is 0 Å². The van der Waals surface area contributed by atoms with E-state index in [0.29, 0.717) is 5.76 Å². The van der Waals surface area contributed by atoms with Gasteiger partial charge in [0.1, 0.15) is 5.76 Å². The summed E-state index contributed by atoms with van der Waals surface area (Å²) >= 11 is 0. The Hall–Kier alpha value is -1.76. The number of ether oxygens (including phenoxy) is 1. The van der Waals surface area contributed by atoms with Crippen LogP contribution in [0.1, 0.15) is 11.1 Å². The van der Waals surface area contributed by atoms with Crippen molar-refractivity contribution in [3.63, 3.8) is 0 Å². The molecule has 0 saturated heterocycles. The van der Waals surface area contributed by atoms with Gasteiger partial charge in [0.05, 0.1) is 7.11 Å². The number of aryl methyl sites for hydroxylation is 1. The lowest BCUT2D eigenvalue weighted by Gasteiger charge is -2.01. The molecule has 0 spiro atoms. The van der Waals surface area contributed by atoms with Crippen LogP contribution in [0.25, 0.3) is 5.57 Å². The molecule has 1 aromatic carbocycles. The zero-order valence-electron chi connectivity index (χ0n) is 9.29. The van der Waals surface area contributed by atoms with Crippen LogP contribution < -0.4 is 0 Å². The van der Waals surface area contributed by atoms with Crippen molar-refractivity contribution in [1.82, 2.24) is 0 Å². The summed E-state index contributed by atoms with van der Waals surface area (Å²) in [6.45, 7) is 9.74. The van der Waals surface area contributed by atoms with Crippen LogP contribution in [0.2, 0.25) is 0 Å². The Kier molecular flexibility index (Phi) is 3.92. The summed E-state index contributed by atoms with van der Waals surface area (Å²) in [6, 6.07) is 8.24. The monoisotopic (exact) mass is 200 g/mol. The molecule has 0 radical (unpaired) electrons. The van der Waals surface area contributed by atoms with Gasteiger partial charge in [0.15, 0.2) is 0 Å². The lowest BCUT2D eigenvalue weighted by Crippen LogP contribution is -1.81. The van der Waals surface area contributed by atoms with E-state index in [0.717, 1.165) is 11.1 Å². The van der Waals surface area contributed by atoms with Gasteiger partial charge in [-0.05, 0) is 24.1 Å². The summed E-state index contributed by atoms with van der Waals surface area (Å²) in [5.41, 5.74) is 3.31. The fourth-order valence-electron chi connectivity index (χ4n) is 1.13. The second-order valence-corrected chi connectivity index (χ2v) is 3.40. The maximum atomic E-state index is 4.93. The van der Waals surface area contributed by atoms with Crippen LogP contribution in [-0.2, 0) is 4.74 Å². The van der Waals surface area contributed by atoms with Crippen LogP contribution in [0.3, 0.4) is 0 Å². The Labute approximate surface area is 91.4 Å². The lowest BCUT2D eigenvalue weighted by molar-refractivity contribution is 0.309. The summed E-state index contributed by atoms with van der Waals surface area (Å²) in [5.74, 6) is 0.628. The predicted octanol–water partition coefficient (Wildman–Crippen LogP) is 3.72. The average molecular weight is 200 g/mol. The molecule has 15 heavy (non-hydrogen) atoms. The van der Waals surface area contributed by atoms with Gasteiger partial charge in [0.25, 0.3) is 0 Å². The Morgan fingerprint density at radius 2 is 1.73 bits per heavy atom. The van der Waals surface area contributed by atoms with Gasteiger partial charge in [-0.15, -0.1) is 0 Å². The third kappa shape index (κ3) is 3.47. The molecule has 0 bridgehead atoms. The van der Waals surface area contributed by atoms with Crippen LogP contribution in [0, 0.1) is 6.92 Å². The van der Waals surface area contributed by atoms with Gasteiger partial charge in [0, 0.05) is 0 Å². The number of hydrogen-bond donors (Lipinski definition) is 0. The smallest absolute Gasteiger partial charge is 0.111 e. The largest absolute Gasteiger partial charge is 0.497 e. The first-order valence-electron chi connectivity index (χ1n) is 4.80. The molecule has 0 aliphatic rings. The summed E-state index contributed by atoms with van der Waals surface area (Å²) < 4.78 is 4.93. The third-order valence-electron chi connectivity index (χ3n) is 2.15. The van der Waals surface area contributed by atoms with Gasteiger partial charge >= 0.3 is 0 Å². The van der Waals surface area contributed by atoms with E-state index < -0.39 is 0 Å². The van der Waals surface area contributed by atoms with Gasteiger partial charge in [-0.3, -0.25) is 0 Å². The summed E-state index contributed by atoms with van der Waals surface area (Å²) in [4.78, 5) is 0. The van der Waals surface area contributed by atoms with Crippen LogP contribution in [0.5, 0.6) is 0 Å². The molecular formula is C14H16O. The summed E-state index contributed by atoms with van der Waals surface area (Å²) in [7, 11) is 1.60. The van der Waals surface area contributed by atoms with E-state index in [4.69, 9.17) is 4.74 Å². The number of methoxy groups -OCH3 is 1. The molecule has 0 saturated carbocycles. The molecule has 0 aliphatic carbocycles. The van der Waals surface area contributed by atoms with Crippen molar-refractivity contribution >= 4 is 5.57 Å². The fraction of sp³-hybridized carbons (Fsp3) is 0.143. The highest BCUT2D eigenvalue weighted by Crippen LogP contribution is 2.15. The minimum Gasteiger partial charge on any atom is -0.497 e. The van der Waals surface area contributed by atoms with E-state index in [1.165, 1.54) is 5.56 Å². The Morgan fingerprint density at radius 3 is 2.27 bits per heavy atom. The highest BCUT2D eigenvalue weighted by atomic mass is 16.5. The standard InChI is InChI=1S/C14H16O/c1-11-5-9-14(10-6-11)12(2)7-8-13(3)15-4/h5-10H,2-3H2,1,4H3/b8-7-. The molecule has 0 amide bonds. The van der Waals surface area contributed by atoms with E-state index in [1.807, 2.05) is 12.2 Å².